The fourth-order valence-electron chi connectivity index (χ4n) is 1.80. The molecule has 1 aliphatic heterocycles. The van der Waals surface area contributed by atoms with Crippen LogP contribution in [0.3, 0.4) is 0 Å². The Morgan fingerprint density at radius 1 is 1.32 bits per heavy atom. The molecule has 104 valence electrons. The minimum atomic E-state index is -3.69. The molecule has 0 aliphatic carbocycles. The van der Waals surface area contributed by atoms with Crippen LogP contribution in [0.4, 0.5) is 0 Å². The van der Waals surface area contributed by atoms with Gasteiger partial charge < -0.3 is 4.74 Å². The van der Waals surface area contributed by atoms with Gasteiger partial charge in [0.2, 0.25) is 10.0 Å². The Bertz CT molecular complexity index is 556. The second kappa shape index (κ2) is 5.90. The van der Waals surface area contributed by atoms with Gasteiger partial charge in [0, 0.05) is 12.3 Å². The van der Waals surface area contributed by atoms with E-state index < -0.39 is 22.0 Å². The number of hydrogen-bond donors (Lipinski definition) is 1. The zero-order valence-corrected chi connectivity index (χ0v) is 11.7. The lowest BCUT2D eigenvalue weighted by Crippen LogP contribution is -2.37. The Hall–Kier alpha value is -1.11. The topological polar surface area (TPSA) is 72.5 Å². The van der Waals surface area contributed by atoms with Crippen molar-refractivity contribution >= 4 is 27.6 Å². The van der Waals surface area contributed by atoms with Crippen LogP contribution in [0.2, 0.25) is 0 Å². The fraction of sp³-hybridized carbons (Fsp3) is 0.417. The van der Waals surface area contributed by atoms with Crippen LogP contribution in [0.25, 0.3) is 0 Å². The predicted molar refractivity (Wildman–Crippen MR) is 70.6 cm³/mol. The summed E-state index contributed by atoms with van der Waals surface area (Å²) in [7, 11) is -3.69. The van der Waals surface area contributed by atoms with E-state index in [1.165, 1.54) is 12.1 Å². The van der Waals surface area contributed by atoms with Crippen LogP contribution in [0.1, 0.15) is 12.0 Å². The SMILES string of the molecule is O=C1OCCC1NS(=O)(=O)c1ccc(CCCl)cc1. The number of ether oxygens (including phenoxy) is 1. The minimum Gasteiger partial charge on any atom is -0.464 e. The zero-order valence-electron chi connectivity index (χ0n) is 10.1. The maximum absolute atomic E-state index is 12.1. The van der Waals surface area contributed by atoms with Gasteiger partial charge in [-0.2, -0.15) is 4.72 Å². The van der Waals surface area contributed by atoms with Gasteiger partial charge in [0.25, 0.3) is 0 Å². The summed E-state index contributed by atoms with van der Waals surface area (Å²) in [4.78, 5) is 11.4. The molecule has 0 amide bonds. The first kappa shape index (κ1) is 14.3. The average molecular weight is 304 g/mol. The first-order chi connectivity index (χ1) is 9.03. The Balaban J connectivity index is 2.12. The van der Waals surface area contributed by atoms with Crippen LogP contribution < -0.4 is 4.72 Å². The van der Waals surface area contributed by atoms with Crippen molar-refractivity contribution in [1.82, 2.24) is 4.72 Å². The van der Waals surface area contributed by atoms with E-state index in [0.717, 1.165) is 5.56 Å². The number of rotatable bonds is 5. The van der Waals surface area contributed by atoms with Crippen LogP contribution in [0.15, 0.2) is 29.2 Å². The summed E-state index contributed by atoms with van der Waals surface area (Å²) < 4.78 is 31.2. The molecule has 2 rings (SSSR count). The van der Waals surface area contributed by atoms with Gasteiger partial charge in [0.1, 0.15) is 6.04 Å². The molecule has 0 radical (unpaired) electrons. The number of cyclic esters (lactones) is 1. The summed E-state index contributed by atoms with van der Waals surface area (Å²) >= 11 is 5.61. The van der Waals surface area contributed by atoms with E-state index in [-0.39, 0.29) is 11.5 Å². The quantitative estimate of drug-likeness (QED) is 0.652. The Morgan fingerprint density at radius 3 is 2.53 bits per heavy atom. The normalized spacial score (nSPS) is 19.4. The lowest BCUT2D eigenvalue weighted by Gasteiger charge is -2.10. The number of halogens is 1. The number of aryl methyl sites for hydroxylation is 1. The van der Waals surface area contributed by atoms with Crippen molar-refractivity contribution in [2.75, 3.05) is 12.5 Å². The van der Waals surface area contributed by atoms with E-state index in [1.807, 2.05) is 0 Å². The highest BCUT2D eigenvalue weighted by atomic mass is 35.5. The second-order valence-corrected chi connectivity index (χ2v) is 6.30. The van der Waals surface area contributed by atoms with Crippen molar-refractivity contribution in [2.24, 2.45) is 0 Å². The number of alkyl halides is 1. The number of esters is 1. The van der Waals surface area contributed by atoms with Crippen molar-refractivity contribution in [1.29, 1.82) is 0 Å². The van der Waals surface area contributed by atoms with Gasteiger partial charge in [-0.1, -0.05) is 12.1 Å². The molecule has 0 saturated carbocycles. The molecule has 0 aromatic heterocycles. The van der Waals surface area contributed by atoms with E-state index in [2.05, 4.69) is 4.72 Å². The number of carbonyl (C=O) groups is 1. The third kappa shape index (κ3) is 3.46. The third-order valence-electron chi connectivity index (χ3n) is 2.85. The molecule has 0 bridgehead atoms. The van der Waals surface area contributed by atoms with Crippen LogP contribution in [0.5, 0.6) is 0 Å². The average Bonchev–Trinajstić information content (AvgIpc) is 2.75. The molecule has 1 aromatic carbocycles. The summed E-state index contributed by atoms with van der Waals surface area (Å²) in [6.45, 7) is 0.251. The van der Waals surface area contributed by atoms with Gasteiger partial charge in [-0.15, -0.1) is 11.6 Å². The molecular weight excluding hydrogens is 290 g/mol. The van der Waals surface area contributed by atoms with Gasteiger partial charge in [0.05, 0.1) is 11.5 Å². The van der Waals surface area contributed by atoms with E-state index in [4.69, 9.17) is 16.3 Å². The van der Waals surface area contributed by atoms with Gasteiger partial charge in [-0.3, -0.25) is 4.79 Å². The lowest BCUT2D eigenvalue weighted by atomic mass is 10.2. The van der Waals surface area contributed by atoms with Crippen LogP contribution in [-0.4, -0.2) is 32.9 Å². The summed E-state index contributed by atoms with van der Waals surface area (Å²) in [6.07, 6.45) is 1.05. The molecule has 5 nitrogen and oxygen atoms in total. The van der Waals surface area contributed by atoms with Gasteiger partial charge in [-0.25, -0.2) is 8.42 Å². The molecule has 1 N–H and O–H groups in total. The minimum absolute atomic E-state index is 0.130. The highest BCUT2D eigenvalue weighted by Gasteiger charge is 2.31. The number of hydrogen-bond acceptors (Lipinski definition) is 4. The van der Waals surface area contributed by atoms with Gasteiger partial charge in [-0.05, 0) is 24.1 Å². The second-order valence-electron chi connectivity index (χ2n) is 4.21. The van der Waals surface area contributed by atoms with E-state index in [1.54, 1.807) is 12.1 Å². The first-order valence-electron chi connectivity index (χ1n) is 5.87. The third-order valence-corrected chi connectivity index (χ3v) is 4.53. The molecule has 1 aromatic rings. The van der Waals surface area contributed by atoms with Gasteiger partial charge in [0.15, 0.2) is 0 Å². The molecule has 0 spiro atoms. The Morgan fingerprint density at radius 2 is 2.00 bits per heavy atom. The molecule has 7 heteroatoms. The molecule has 1 atom stereocenters. The molecule has 19 heavy (non-hydrogen) atoms. The predicted octanol–water partition coefficient (Wildman–Crippen LogP) is 1.06. The summed E-state index contributed by atoms with van der Waals surface area (Å²) in [5.74, 6) is -0.0412. The number of sulfonamides is 1. The Labute approximate surface area is 117 Å². The monoisotopic (exact) mass is 303 g/mol. The lowest BCUT2D eigenvalue weighted by molar-refractivity contribution is -0.139. The fourth-order valence-corrected chi connectivity index (χ4v) is 3.24. The first-order valence-corrected chi connectivity index (χ1v) is 7.88. The highest BCUT2D eigenvalue weighted by molar-refractivity contribution is 7.89. The smallest absolute Gasteiger partial charge is 0.324 e. The van der Waals surface area contributed by atoms with Crippen molar-refractivity contribution in [3.8, 4) is 0 Å². The maximum Gasteiger partial charge on any atom is 0.324 e. The zero-order chi connectivity index (χ0) is 13.9. The largest absolute Gasteiger partial charge is 0.464 e. The highest BCUT2D eigenvalue weighted by Crippen LogP contribution is 2.14. The van der Waals surface area contributed by atoms with Crippen molar-refractivity contribution in [2.45, 2.75) is 23.8 Å². The maximum atomic E-state index is 12.1. The van der Waals surface area contributed by atoms with Crippen molar-refractivity contribution in [3.63, 3.8) is 0 Å². The summed E-state index contributed by atoms with van der Waals surface area (Å²) in [5.41, 5.74) is 0.967. The summed E-state index contributed by atoms with van der Waals surface area (Å²) in [5, 5.41) is 0. The Kier molecular flexibility index (Phi) is 4.44. The number of benzene rings is 1. The molecule has 1 aliphatic rings. The van der Waals surface area contributed by atoms with Crippen molar-refractivity contribution in [3.05, 3.63) is 29.8 Å². The standard InChI is InChI=1S/C12H14ClNO4S/c13-7-5-9-1-3-10(4-2-9)19(16,17)14-11-6-8-18-12(11)15/h1-4,11,14H,5-8H2. The molecule has 1 fully saturated rings. The molecular formula is C12H14ClNO4S. The van der Waals surface area contributed by atoms with E-state index in [0.29, 0.717) is 18.7 Å². The van der Waals surface area contributed by atoms with Crippen molar-refractivity contribution < 1.29 is 17.9 Å². The van der Waals surface area contributed by atoms with Crippen LogP contribution >= 0.6 is 11.6 Å². The van der Waals surface area contributed by atoms with Crippen LogP contribution in [-0.2, 0) is 26.0 Å². The molecule has 1 heterocycles. The van der Waals surface area contributed by atoms with E-state index in [9.17, 15) is 13.2 Å². The van der Waals surface area contributed by atoms with E-state index >= 15 is 0 Å². The number of carbonyl (C=O) groups excluding carboxylic acids is 1. The van der Waals surface area contributed by atoms with Crippen LogP contribution in [0, 0.1) is 0 Å². The number of nitrogens with one attached hydrogen (secondary N) is 1. The molecule has 1 saturated heterocycles. The van der Waals surface area contributed by atoms with Gasteiger partial charge >= 0.3 is 5.97 Å². The summed E-state index contributed by atoms with van der Waals surface area (Å²) in [6, 6.07) is 5.65. The molecule has 1 unspecified atom stereocenters.